The average Bonchev–Trinajstić information content (AvgIpc) is 2.91. The summed E-state index contributed by atoms with van der Waals surface area (Å²) in [5.41, 5.74) is 1.62. The van der Waals surface area contributed by atoms with Crippen LogP contribution in [0.25, 0.3) is 0 Å². The summed E-state index contributed by atoms with van der Waals surface area (Å²) in [6.45, 7) is 6.61. The van der Waals surface area contributed by atoms with Crippen LogP contribution >= 0.6 is 0 Å². The molecule has 112 valence electrons. The molecule has 6 heteroatoms. The third-order valence-electron chi connectivity index (χ3n) is 3.36. The molecule has 0 N–H and O–H groups in total. The van der Waals surface area contributed by atoms with Gasteiger partial charge in [0, 0.05) is 30.7 Å². The number of nitrogens with zero attached hydrogens (tertiary/aromatic N) is 3. The van der Waals surface area contributed by atoms with E-state index < -0.39 is 0 Å². The number of ether oxygens (including phenoxy) is 1. The van der Waals surface area contributed by atoms with Crippen LogP contribution in [0.2, 0.25) is 0 Å². The van der Waals surface area contributed by atoms with Gasteiger partial charge in [0.15, 0.2) is 0 Å². The molecular weight excluding hydrogens is 270 g/mol. The molecule has 0 fully saturated rings. The fourth-order valence-corrected chi connectivity index (χ4v) is 2.35. The largest absolute Gasteiger partial charge is 0.462 e. The number of aryl methyl sites for hydroxylation is 2. The molecule has 0 saturated heterocycles. The Morgan fingerprint density at radius 2 is 2.10 bits per heavy atom. The summed E-state index contributed by atoms with van der Waals surface area (Å²) in [7, 11) is 0. The van der Waals surface area contributed by atoms with Crippen molar-refractivity contribution in [2.45, 2.75) is 33.9 Å². The van der Waals surface area contributed by atoms with Crippen molar-refractivity contribution >= 4 is 5.97 Å². The highest BCUT2D eigenvalue weighted by molar-refractivity contribution is 5.92. The number of rotatable bonds is 5. The fourth-order valence-electron chi connectivity index (χ4n) is 2.35. The maximum absolute atomic E-state index is 12.1. The molecule has 0 aliphatic carbocycles. The van der Waals surface area contributed by atoms with Crippen LogP contribution < -0.4 is 5.56 Å². The SMILES string of the molecule is CCOC(=O)c1c(C)cc(=O)n(CCn2cccn2)c1C. The van der Waals surface area contributed by atoms with Gasteiger partial charge in [-0.1, -0.05) is 0 Å². The minimum absolute atomic E-state index is 0.120. The fraction of sp³-hybridized carbons (Fsp3) is 0.400. The Morgan fingerprint density at radius 1 is 1.33 bits per heavy atom. The van der Waals surface area contributed by atoms with E-state index in [1.54, 1.807) is 36.2 Å². The highest BCUT2D eigenvalue weighted by atomic mass is 16.5. The molecule has 2 rings (SSSR count). The number of carbonyl (C=O) groups is 1. The number of carbonyl (C=O) groups excluding carboxylic acids is 1. The lowest BCUT2D eigenvalue weighted by Crippen LogP contribution is -2.27. The Hall–Kier alpha value is -2.37. The van der Waals surface area contributed by atoms with E-state index in [0.717, 1.165) is 0 Å². The van der Waals surface area contributed by atoms with E-state index in [1.165, 1.54) is 6.07 Å². The maximum atomic E-state index is 12.1. The number of pyridine rings is 1. The first-order chi connectivity index (χ1) is 10.0. The highest BCUT2D eigenvalue weighted by Gasteiger charge is 2.17. The number of aromatic nitrogens is 3. The van der Waals surface area contributed by atoms with Crippen LogP contribution in [0.4, 0.5) is 0 Å². The van der Waals surface area contributed by atoms with E-state index in [0.29, 0.717) is 36.5 Å². The van der Waals surface area contributed by atoms with Crippen LogP contribution in [0.1, 0.15) is 28.5 Å². The molecule has 0 spiro atoms. The molecule has 2 heterocycles. The third kappa shape index (κ3) is 3.21. The second-order valence-electron chi connectivity index (χ2n) is 4.77. The number of hydrogen-bond donors (Lipinski definition) is 0. The summed E-state index contributed by atoms with van der Waals surface area (Å²) in [6, 6.07) is 3.30. The molecule has 0 aromatic carbocycles. The van der Waals surface area contributed by atoms with Gasteiger partial charge in [0.05, 0.1) is 18.7 Å². The standard InChI is InChI=1S/C15H19N3O3/c1-4-21-15(20)14-11(2)10-13(19)18(12(14)3)9-8-17-7-5-6-16-17/h5-7,10H,4,8-9H2,1-3H3. The van der Waals surface area contributed by atoms with Crippen molar-refractivity contribution in [3.05, 3.63) is 51.7 Å². The Balaban J connectivity index is 2.34. The molecule has 0 amide bonds. The Labute approximate surface area is 123 Å². The van der Waals surface area contributed by atoms with Crippen LogP contribution in [0.5, 0.6) is 0 Å². The van der Waals surface area contributed by atoms with Gasteiger partial charge in [-0.05, 0) is 32.4 Å². The second-order valence-corrected chi connectivity index (χ2v) is 4.77. The van der Waals surface area contributed by atoms with Crippen molar-refractivity contribution in [1.29, 1.82) is 0 Å². The summed E-state index contributed by atoms with van der Waals surface area (Å²) < 4.78 is 8.39. The molecule has 0 atom stereocenters. The van der Waals surface area contributed by atoms with Crippen molar-refractivity contribution in [3.63, 3.8) is 0 Å². The zero-order valence-electron chi connectivity index (χ0n) is 12.5. The lowest BCUT2D eigenvalue weighted by Gasteiger charge is -2.15. The Bertz CT molecular complexity index is 687. The maximum Gasteiger partial charge on any atom is 0.340 e. The van der Waals surface area contributed by atoms with Crippen molar-refractivity contribution in [3.8, 4) is 0 Å². The molecule has 2 aromatic heterocycles. The van der Waals surface area contributed by atoms with E-state index in [9.17, 15) is 9.59 Å². The minimum atomic E-state index is -0.389. The molecular formula is C15H19N3O3. The molecule has 0 aliphatic rings. The van der Waals surface area contributed by atoms with Gasteiger partial charge in [0.1, 0.15) is 0 Å². The first-order valence-electron chi connectivity index (χ1n) is 6.90. The quantitative estimate of drug-likeness (QED) is 0.783. The average molecular weight is 289 g/mol. The molecule has 0 bridgehead atoms. The summed E-state index contributed by atoms with van der Waals surface area (Å²) >= 11 is 0. The second kappa shape index (κ2) is 6.39. The molecule has 0 aliphatic heterocycles. The van der Waals surface area contributed by atoms with Crippen molar-refractivity contribution in [1.82, 2.24) is 14.3 Å². The monoisotopic (exact) mass is 289 g/mol. The lowest BCUT2D eigenvalue weighted by atomic mass is 10.1. The predicted molar refractivity (Wildman–Crippen MR) is 78.4 cm³/mol. The van der Waals surface area contributed by atoms with Crippen LogP contribution in [-0.4, -0.2) is 26.9 Å². The van der Waals surface area contributed by atoms with Gasteiger partial charge in [-0.2, -0.15) is 5.10 Å². The Kier molecular flexibility index (Phi) is 4.57. The van der Waals surface area contributed by atoms with Gasteiger partial charge >= 0.3 is 5.97 Å². The minimum Gasteiger partial charge on any atom is -0.462 e. The first kappa shape index (κ1) is 15.0. The van der Waals surface area contributed by atoms with Gasteiger partial charge in [0.2, 0.25) is 0 Å². The molecule has 2 aromatic rings. The first-order valence-corrected chi connectivity index (χ1v) is 6.90. The van der Waals surface area contributed by atoms with Crippen LogP contribution in [0, 0.1) is 13.8 Å². The van der Waals surface area contributed by atoms with Gasteiger partial charge < -0.3 is 9.30 Å². The smallest absolute Gasteiger partial charge is 0.340 e. The molecule has 0 unspecified atom stereocenters. The van der Waals surface area contributed by atoms with Crippen molar-refractivity contribution in [2.75, 3.05) is 6.61 Å². The normalized spacial score (nSPS) is 10.6. The van der Waals surface area contributed by atoms with E-state index in [2.05, 4.69) is 5.10 Å². The van der Waals surface area contributed by atoms with Gasteiger partial charge in [-0.3, -0.25) is 9.48 Å². The third-order valence-corrected chi connectivity index (χ3v) is 3.36. The van der Waals surface area contributed by atoms with E-state index >= 15 is 0 Å². The van der Waals surface area contributed by atoms with Crippen LogP contribution in [0.15, 0.2) is 29.3 Å². The van der Waals surface area contributed by atoms with E-state index in [-0.39, 0.29) is 11.5 Å². The lowest BCUT2D eigenvalue weighted by molar-refractivity contribution is 0.0523. The van der Waals surface area contributed by atoms with Gasteiger partial charge in [-0.25, -0.2) is 4.79 Å². The zero-order chi connectivity index (χ0) is 15.4. The van der Waals surface area contributed by atoms with Crippen molar-refractivity contribution < 1.29 is 9.53 Å². The van der Waals surface area contributed by atoms with E-state index in [1.807, 2.05) is 12.3 Å². The molecule has 6 nitrogen and oxygen atoms in total. The van der Waals surface area contributed by atoms with E-state index in [4.69, 9.17) is 4.74 Å². The van der Waals surface area contributed by atoms with Crippen LogP contribution in [0.3, 0.4) is 0 Å². The molecule has 0 radical (unpaired) electrons. The molecule has 0 saturated carbocycles. The summed E-state index contributed by atoms with van der Waals surface area (Å²) in [5.74, 6) is -0.389. The van der Waals surface area contributed by atoms with Crippen molar-refractivity contribution in [2.24, 2.45) is 0 Å². The number of hydrogen-bond acceptors (Lipinski definition) is 4. The van der Waals surface area contributed by atoms with Gasteiger partial charge in [0.25, 0.3) is 5.56 Å². The molecule has 21 heavy (non-hydrogen) atoms. The Morgan fingerprint density at radius 3 is 2.71 bits per heavy atom. The summed E-state index contributed by atoms with van der Waals surface area (Å²) in [5, 5.41) is 4.10. The summed E-state index contributed by atoms with van der Waals surface area (Å²) in [6.07, 6.45) is 3.52. The van der Waals surface area contributed by atoms with Crippen LogP contribution in [-0.2, 0) is 17.8 Å². The highest BCUT2D eigenvalue weighted by Crippen LogP contribution is 2.13. The number of esters is 1. The predicted octanol–water partition coefficient (Wildman–Crippen LogP) is 1.54. The summed E-state index contributed by atoms with van der Waals surface area (Å²) in [4.78, 5) is 24.2. The van der Waals surface area contributed by atoms with Gasteiger partial charge in [-0.15, -0.1) is 0 Å². The zero-order valence-corrected chi connectivity index (χ0v) is 12.5. The topological polar surface area (TPSA) is 66.1 Å².